The average Bonchev–Trinajstić information content (AvgIpc) is 1.90. The number of carbonyl (C=O) groups is 1. The molecule has 0 saturated carbocycles. The van der Waals surface area contributed by atoms with Gasteiger partial charge in [-0.25, -0.2) is 0 Å². The number of rotatable bonds is 1. The van der Waals surface area contributed by atoms with Gasteiger partial charge in [0.1, 0.15) is 0 Å². The molecular weight excluding hydrogens is 116 g/mol. The minimum absolute atomic E-state index is 0.421. The maximum atomic E-state index is 10.2. The topological polar surface area (TPSA) is 37.3 Å². The summed E-state index contributed by atoms with van der Waals surface area (Å²) in [7, 11) is 0. The highest BCUT2D eigenvalue weighted by molar-refractivity contribution is 5.74. The van der Waals surface area contributed by atoms with Crippen molar-refractivity contribution >= 4 is 5.97 Å². The van der Waals surface area contributed by atoms with Gasteiger partial charge in [-0.2, -0.15) is 0 Å². The van der Waals surface area contributed by atoms with Gasteiger partial charge in [-0.1, -0.05) is 24.3 Å². The zero-order chi connectivity index (χ0) is 6.69. The van der Waals surface area contributed by atoms with Crippen molar-refractivity contribution in [1.29, 1.82) is 0 Å². The van der Waals surface area contributed by atoms with Crippen molar-refractivity contribution in [2.24, 2.45) is 5.92 Å². The quantitative estimate of drug-likeness (QED) is 0.565. The van der Waals surface area contributed by atoms with Crippen molar-refractivity contribution in [1.82, 2.24) is 0 Å². The molecule has 9 heavy (non-hydrogen) atoms. The van der Waals surface area contributed by atoms with Gasteiger partial charge in [-0.15, -0.1) is 0 Å². The second-order valence-corrected chi connectivity index (χ2v) is 1.83. The maximum absolute atomic E-state index is 10.2. The summed E-state index contributed by atoms with van der Waals surface area (Å²) in [4.78, 5) is 10.2. The first-order valence-electron chi connectivity index (χ1n) is 2.72. The fourth-order valence-electron chi connectivity index (χ4n) is 0.661. The van der Waals surface area contributed by atoms with Gasteiger partial charge in [-0.05, 0) is 0 Å². The Hall–Kier alpha value is -1.05. The number of carboxylic acids is 1. The van der Waals surface area contributed by atoms with Gasteiger partial charge < -0.3 is 5.11 Å². The van der Waals surface area contributed by atoms with E-state index < -0.39 is 11.9 Å². The van der Waals surface area contributed by atoms with Crippen LogP contribution in [0.1, 0.15) is 0 Å². The summed E-state index contributed by atoms with van der Waals surface area (Å²) in [5, 5.41) is 8.42. The van der Waals surface area contributed by atoms with E-state index in [4.69, 9.17) is 5.11 Å². The fourth-order valence-corrected chi connectivity index (χ4v) is 0.661. The van der Waals surface area contributed by atoms with Crippen molar-refractivity contribution < 1.29 is 9.90 Å². The van der Waals surface area contributed by atoms with Gasteiger partial charge in [0, 0.05) is 6.42 Å². The lowest BCUT2D eigenvalue weighted by molar-refractivity contribution is -0.138. The molecule has 1 rings (SSSR count). The van der Waals surface area contributed by atoms with Gasteiger partial charge in [-0.3, -0.25) is 4.79 Å². The second-order valence-electron chi connectivity index (χ2n) is 1.83. The van der Waals surface area contributed by atoms with E-state index >= 15 is 0 Å². The standard InChI is InChI=1S/C7H7O2/c8-7(9)6-4-2-1-3-5-6/h1-6H,(H,8,9). The van der Waals surface area contributed by atoms with E-state index in [0.717, 1.165) is 0 Å². The van der Waals surface area contributed by atoms with Gasteiger partial charge >= 0.3 is 5.97 Å². The third-order valence-electron chi connectivity index (χ3n) is 1.14. The van der Waals surface area contributed by atoms with Crippen LogP contribution in [0.25, 0.3) is 0 Å². The Bertz CT molecular complexity index is 168. The lowest BCUT2D eigenvalue weighted by Crippen LogP contribution is -2.11. The monoisotopic (exact) mass is 123 g/mol. The Labute approximate surface area is 53.5 Å². The Kier molecular flexibility index (Phi) is 1.68. The molecule has 1 unspecified atom stereocenters. The van der Waals surface area contributed by atoms with E-state index in [1.54, 1.807) is 30.7 Å². The van der Waals surface area contributed by atoms with Crippen LogP contribution in [0, 0.1) is 12.3 Å². The lowest BCUT2D eigenvalue weighted by atomic mass is 10.0. The highest BCUT2D eigenvalue weighted by atomic mass is 16.4. The van der Waals surface area contributed by atoms with Crippen molar-refractivity contribution in [3.63, 3.8) is 0 Å². The molecule has 47 valence electrons. The summed E-state index contributed by atoms with van der Waals surface area (Å²) in [6.07, 6.45) is 8.56. The van der Waals surface area contributed by atoms with Crippen LogP contribution in [0.2, 0.25) is 0 Å². The highest BCUT2D eigenvalue weighted by Gasteiger charge is 2.12. The van der Waals surface area contributed by atoms with Crippen LogP contribution >= 0.6 is 0 Å². The third-order valence-corrected chi connectivity index (χ3v) is 1.14. The smallest absolute Gasteiger partial charge is 0.310 e. The van der Waals surface area contributed by atoms with E-state index in [1.807, 2.05) is 0 Å². The van der Waals surface area contributed by atoms with E-state index in [-0.39, 0.29) is 0 Å². The van der Waals surface area contributed by atoms with E-state index in [1.165, 1.54) is 0 Å². The van der Waals surface area contributed by atoms with E-state index in [9.17, 15) is 4.79 Å². The van der Waals surface area contributed by atoms with Crippen LogP contribution in [-0.2, 0) is 4.79 Å². The SMILES string of the molecule is O=C(O)C1[CH]C=CC=C1. The van der Waals surface area contributed by atoms with Gasteiger partial charge in [0.05, 0.1) is 5.92 Å². The molecule has 0 heterocycles. The normalized spacial score (nSPS) is 24.2. The molecule has 2 heteroatoms. The molecule has 0 amide bonds. The van der Waals surface area contributed by atoms with Crippen molar-refractivity contribution in [3.05, 3.63) is 30.7 Å². The van der Waals surface area contributed by atoms with E-state index in [2.05, 4.69) is 0 Å². The Morgan fingerprint density at radius 2 is 2.11 bits per heavy atom. The Morgan fingerprint density at radius 3 is 2.44 bits per heavy atom. The predicted octanol–water partition coefficient (Wildman–Crippen LogP) is 1.02. The van der Waals surface area contributed by atoms with Crippen LogP contribution in [-0.4, -0.2) is 11.1 Å². The molecular formula is C7H7O2. The summed E-state index contributed by atoms with van der Waals surface area (Å²) in [5.41, 5.74) is 0. The number of hydrogen-bond donors (Lipinski definition) is 1. The first kappa shape index (κ1) is 6.08. The summed E-state index contributed by atoms with van der Waals surface area (Å²) in [6, 6.07) is 0. The summed E-state index contributed by atoms with van der Waals surface area (Å²) in [5.74, 6) is -1.22. The molecule has 0 aliphatic heterocycles. The van der Waals surface area contributed by atoms with Crippen LogP contribution in [0.3, 0.4) is 0 Å². The zero-order valence-corrected chi connectivity index (χ0v) is 4.82. The zero-order valence-electron chi connectivity index (χ0n) is 4.82. The van der Waals surface area contributed by atoms with Crippen LogP contribution in [0.5, 0.6) is 0 Å². The third kappa shape index (κ3) is 1.42. The van der Waals surface area contributed by atoms with Crippen LogP contribution < -0.4 is 0 Å². The van der Waals surface area contributed by atoms with Gasteiger partial charge in [0.2, 0.25) is 0 Å². The molecule has 1 N–H and O–H groups in total. The van der Waals surface area contributed by atoms with Crippen molar-refractivity contribution in [3.8, 4) is 0 Å². The first-order chi connectivity index (χ1) is 4.30. The molecule has 1 atom stereocenters. The van der Waals surface area contributed by atoms with Crippen LogP contribution in [0.15, 0.2) is 24.3 Å². The van der Waals surface area contributed by atoms with Gasteiger partial charge in [0.25, 0.3) is 0 Å². The summed E-state index contributed by atoms with van der Waals surface area (Å²) < 4.78 is 0. The Morgan fingerprint density at radius 1 is 1.33 bits per heavy atom. The number of aliphatic carboxylic acids is 1. The molecule has 2 nitrogen and oxygen atoms in total. The van der Waals surface area contributed by atoms with Crippen molar-refractivity contribution in [2.45, 2.75) is 0 Å². The largest absolute Gasteiger partial charge is 0.481 e. The summed E-state index contributed by atoms with van der Waals surface area (Å²) in [6.45, 7) is 0. The van der Waals surface area contributed by atoms with E-state index in [0.29, 0.717) is 0 Å². The maximum Gasteiger partial charge on any atom is 0.310 e. The minimum Gasteiger partial charge on any atom is -0.481 e. The summed E-state index contributed by atoms with van der Waals surface area (Å²) >= 11 is 0. The molecule has 1 radical (unpaired) electrons. The predicted molar refractivity (Wildman–Crippen MR) is 33.7 cm³/mol. The first-order valence-corrected chi connectivity index (χ1v) is 2.72. The second kappa shape index (κ2) is 2.49. The minimum atomic E-state index is -0.796. The van der Waals surface area contributed by atoms with Gasteiger partial charge in [0.15, 0.2) is 0 Å². The molecule has 0 fully saturated rings. The van der Waals surface area contributed by atoms with Crippen LogP contribution in [0.4, 0.5) is 0 Å². The molecule has 0 aromatic carbocycles. The number of hydrogen-bond acceptors (Lipinski definition) is 1. The number of carboxylic acid groups (broad SMARTS) is 1. The fraction of sp³-hybridized carbons (Fsp3) is 0.143. The van der Waals surface area contributed by atoms with Crippen molar-refractivity contribution in [2.75, 3.05) is 0 Å². The lowest BCUT2D eigenvalue weighted by Gasteiger charge is -2.04. The molecule has 0 aromatic heterocycles. The molecule has 1 aliphatic rings. The average molecular weight is 123 g/mol. The molecule has 1 aliphatic carbocycles. The molecule has 0 spiro atoms. The highest BCUT2D eigenvalue weighted by Crippen LogP contribution is 2.09. The molecule has 0 saturated heterocycles. The molecule has 0 bridgehead atoms. The Balaban J connectivity index is 2.56. The number of allylic oxidation sites excluding steroid dienone is 3. The molecule has 0 aromatic rings.